The smallest absolute Gasteiger partial charge is 0.331 e. The highest BCUT2D eigenvalue weighted by atomic mass is 35.5. The van der Waals surface area contributed by atoms with Gasteiger partial charge in [0, 0.05) is 16.7 Å². The van der Waals surface area contributed by atoms with Gasteiger partial charge in [-0.25, -0.2) is 4.79 Å². The highest BCUT2D eigenvalue weighted by Crippen LogP contribution is 2.10. The molecule has 0 saturated carbocycles. The van der Waals surface area contributed by atoms with Crippen LogP contribution >= 0.6 is 11.6 Å². The zero-order valence-corrected chi connectivity index (χ0v) is 11.9. The zero-order chi connectivity index (χ0) is 15.1. The van der Waals surface area contributed by atoms with Crippen LogP contribution in [0.4, 0.5) is 0 Å². The molecule has 0 amide bonds. The van der Waals surface area contributed by atoms with Crippen LogP contribution in [-0.4, -0.2) is 11.8 Å². The van der Waals surface area contributed by atoms with Gasteiger partial charge in [-0.1, -0.05) is 41.9 Å². The number of carbonyl (C=O) groups is 2. The van der Waals surface area contributed by atoms with Crippen LogP contribution in [-0.2, 0) is 16.1 Å². The number of allylic oxidation sites excluding steroid dienone is 1. The summed E-state index contributed by atoms with van der Waals surface area (Å²) in [6.07, 6.45) is 2.32. The van der Waals surface area contributed by atoms with Gasteiger partial charge in [-0.15, -0.1) is 0 Å². The van der Waals surface area contributed by atoms with Gasteiger partial charge in [0.15, 0.2) is 5.78 Å². The average Bonchev–Trinajstić information content (AvgIpc) is 2.52. The molecule has 0 N–H and O–H groups in total. The maximum Gasteiger partial charge on any atom is 0.331 e. The molecular formula is C17H13ClO3. The molecule has 0 spiro atoms. The molecule has 0 saturated heterocycles. The van der Waals surface area contributed by atoms with E-state index in [0.717, 1.165) is 11.6 Å². The van der Waals surface area contributed by atoms with Crippen molar-refractivity contribution in [2.75, 3.05) is 0 Å². The molecule has 0 fully saturated rings. The second-order valence-electron chi connectivity index (χ2n) is 4.30. The van der Waals surface area contributed by atoms with E-state index in [2.05, 4.69) is 0 Å². The fourth-order valence-corrected chi connectivity index (χ4v) is 1.76. The fraction of sp³-hybridized carbons (Fsp3) is 0.0588. The molecule has 21 heavy (non-hydrogen) atoms. The predicted octanol–water partition coefficient (Wildman–Crippen LogP) is 3.82. The Hall–Kier alpha value is -2.39. The Kier molecular flexibility index (Phi) is 5.29. The Morgan fingerprint density at radius 2 is 1.62 bits per heavy atom. The molecule has 0 aliphatic rings. The van der Waals surface area contributed by atoms with Gasteiger partial charge in [-0.2, -0.15) is 0 Å². The molecule has 0 bridgehead atoms. The summed E-state index contributed by atoms with van der Waals surface area (Å²) in [5, 5.41) is 0.554. The van der Waals surface area contributed by atoms with Crippen molar-refractivity contribution in [1.29, 1.82) is 0 Å². The van der Waals surface area contributed by atoms with Crippen LogP contribution in [0.3, 0.4) is 0 Å². The van der Waals surface area contributed by atoms with Crippen LogP contribution in [0.5, 0.6) is 0 Å². The first kappa shape index (κ1) is 15.0. The Morgan fingerprint density at radius 3 is 2.29 bits per heavy atom. The van der Waals surface area contributed by atoms with Crippen LogP contribution in [0.2, 0.25) is 5.02 Å². The molecule has 0 aliphatic carbocycles. The predicted molar refractivity (Wildman–Crippen MR) is 81.2 cm³/mol. The van der Waals surface area contributed by atoms with Crippen molar-refractivity contribution < 1.29 is 14.3 Å². The van der Waals surface area contributed by atoms with E-state index < -0.39 is 5.97 Å². The molecule has 3 nitrogen and oxygen atoms in total. The minimum atomic E-state index is -0.554. The van der Waals surface area contributed by atoms with Crippen LogP contribution in [0.15, 0.2) is 66.7 Å². The summed E-state index contributed by atoms with van der Waals surface area (Å²) in [5.74, 6) is -0.829. The largest absolute Gasteiger partial charge is 0.458 e. The number of hydrogen-bond acceptors (Lipinski definition) is 3. The quantitative estimate of drug-likeness (QED) is 0.479. The van der Waals surface area contributed by atoms with Crippen molar-refractivity contribution in [2.24, 2.45) is 0 Å². The molecular weight excluding hydrogens is 288 g/mol. The minimum Gasteiger partial charge on any atom is -0.458 e. The number of benzene rings is 2. The molecule has 2 aromatic carbocycles. The first-order valence-corrected chi connectivity index (χ1v) is 6.71. The fourth-order valence-electron chi connectivity index (χ4n) is 1.63. The summed E-state index contributed by atoms with van der Waals surface area (Å²) in [7, 11) is 0. The number of rotatable bonds is 5. The molecule has 0 aromatic heterocycles. The van der Waals surface area contributed by atoms with E-state index in [1.54, 1.807) is 24.3 Å². The monoisotopic (exact) mass is 300 g/mol. The Balaban J connectivity index is 1.87. The normalized spacial score (nSPS) is 10.5. The van der Waals surface area contributed by atoms with Gasteiger partial charge in [0.05, 0.1) is 0 Å². The molecule has 106 valence electrons. The first-order valence-electron chi connectivity index (χ1n) is 6.34. The lowest BCUT2D eigenvalue weighted by Gasteiger charge is -2.01. The lowest BCUT2D eigenvalue weighted by Crippen LogP contribution is -2.02. The van der Waals surface area contributed by atoms with Gasteiger partial charge in [-0.3, -0.25) is 4.79 Å². The van der Waals surface area contributed by atoms with E-state index in [-0.39, 0.29) is 12.4 Å². The molecule has 2 rings (SSSR count). The van der Waals surface area contributed by atoms with Crippen molar-refractivity contribution >= 4 is 23.4 Å². The second-order valence-corrected chi connectivity index (χ2v) is 4.73. The maximum absolute atomic E-state index is 11.8. The third kappa shape index (κ3) is 4.89. The summed E-state index contributed by atoms with van der Waals surface area (Å²) in [5.41, 5.74) is 1.36. The molecule has 0 heterocycles. The van der Waals surface area contributed by atoms with E-state index in [0.29, 0.717) is 10.6 Å². The van der Waals surface area contributed by atoms with Crippen molar-refractivity contribution in [2.45, 2.75) is 6.61 Å². The molecule has 4 heteroatoms. The molecule has 0 unspecified atom stereocenters. The number of ketones is 1. The van der Waals surface area contributed by atoms with Crippen molar-refractivity contribution in [3.8, 4) is 0 Å². The molecule has 0 aliphatic heterocycles. The number of hydrogen-bond donors (Lipinski definition) is 0. The summed E-state index contributed by atoms with van der Waals surface area (Å²) in [6, 6.07) is 15.8. The van der Waals surface area contributed by atoms with E-state index in [1.165, 1.54) is 6.08 Å². The maximum atomic E-state index is 11.8. The van der Waals surface area contributed by atoms with E-state index in [9.17, 15) is 9.59 Å². The van der Waals surface area contributed by atoms with Gasteiger partial charge >= 0.3 is 5.97 Å². The van der Waals surface area contributed by atoms with E-state index >= 15 is 0 Å². The number of carbonyl (C=O) groups excluding carboxylic acids is 2. The molecule has 0 radical (unpaired) electrons. The Labute approximate surface area is 127 Å². The second kappa shape index (κ2) is 7.41. The topological polar surface area (TPSA) is 43.4 Å². The summed E-state index contributed by atoms with van der Waals surface area (Å²) in [4.78, 5) is 23.3. The third-order valence-corrected chi connectivity index (χ3v) is 2.98. The van der Waals surface area contributed by atoms with Crippen LogP contribution < -0.4 is 0 Å². The van der Waals surface area contributed by atoms with Gasteiger partial charge < -0.3 is 4.74 Å². The lowest BCUT2D eigenvalue weighted by atomic mass is 10.1. The summed E-state index contributed by atoms with van der Waals surface area (Å²) in [6.45, 7) is 0.180. The van der Waals surface area contributed by atoms with E-state index in [4.69, 9.17) is 16.3 Å². The number of halogens is 1. The average molecular weight is 301 g/mol. The van der Waals surface area contributed by atoms with E-state index in [1.807, 2.05) is 30.3 Å². The van der Waals surface area contributed by atoms with Gasteiger partial charge in [0.2, 0.25) is 0 Å². The van der Waals surface area contributed by atoms with Crippen molar-refractivity contribution in [1.82, 2.24) is 0 Å². The summed E-state index contributed by atoms with van der Waals surface area (Å²) >= 11 is 5.74. The Morgan fingerprint density at radius 1 is 0.952 bits per heavy atom. The first-order chi connectivity index (χ1) is 10.1. The standard InChI is InChI=1S/C17H13ClO3/c18-15-8-6-14(7-9-15)16(19)10-11-17(20)21-12-13-4-2-1-3-5-13/h1-11H,12H2/b11-10+. The third-order valence-electron chi connectivity index (χ3n) is 2.72. The van der Waals surface area contributed by atoms with Crippen molar-refractivity contribution in [3.63, 3.8) is 0 Å². The summed E-state index contributed by atoms with van der Waals surface area (Å²) < 4.78 is 5.03. The van der Waals surface area contributed by atoms with Gasteiger partial charge in [0.1, 0.15) is 6.61 Å². The van der Waals surface area contributed by atoms with Crippen LogP contribution in [0.1, 0.15) is 15.9 Å². The SMILES string of the molecule is O=C(/C=C/C(=O)c1ccc(Cl)cc1)OCc1ccccc1. The van der Waals surface area contributed by atoms with Gasteiger partial charge in [-0.05, 0) is 35.9 Å². The van der Waals surface area contributed by atoms with Crippen LogP contribution in [0.25, 0.3) is 0 Å². The highest BCUT2D eigenvalue weighted by Gasteiger charge is 2.03. The van der Waals surface area contributed by atoms with Crippen LogP contribution in [0, 0.1) is 0 Å². The number of esters is 1. The molecule has 0 atom stereocenters. The zero-order valence-electron chi connectivity index (χ0n) is 11.2. The van der Waals surface area contributed by atoms with Crippen molar-refractivity contribution in [3.05, 3.63) is 82.9 Å². The minimum absolute atomic E-state index is 0.180. The Bertz CT molecular complexity index is 645. The van der Waals surface area contributed by atoms with Gasteiger partial charge in [0.25, 0.3) is 0 Å². The lowest BCUT2D eigenvalue weighted by molar-refractivity contribution is -0.139. The number of ether oxygens (including phenoxy) is 1. The highest BCUT2D eigenvalue weighted by molar-refractivity contribution is 6.30. The molecule has 2 aromatic rings.